The largest absolute Gasteiger partial charge is 0.289 e. The SMILES string of the molecule is O=C1c2cc(N(O)O)ccc2-c2c(S)cccc21. The summed E-state index contributed by atoms with van der Waals surface area (Å²) in [5.41, 5.74) is 2.77. The monoisotopic (exact) mass is 259 g/mol. The van der Waals surface area contributed by atoms with Crippen molar-refractivity contribution in [3.8, 4) is 11.1 Å². The second-order valence-corrected chi connectivity index (χ2v) is 4.53. The molecule has 0 saturated carbocycles. The van der Waals surface area contributed by atoms with Crippen LogP contribution in [-0.2, 0) is 0 Å². The molecule has 2 aromatic rings. The second kappa shape index (κ2) is 3.84. The molecular weight excluding hydrogens is 250 g/mol. The molecule has 1 aliphatic carbocycles. The first-order valence-corrected chi connectivity index (χ1v) is 5.73. The van der Waals surface area contributed by atoms with E-state index in [1.165, 1.54) is 12.1 Å². The lowest BCUT2D eigenvalue weighted by atomic mass is 10.1. The third kappa shape index (κ3) is 1.45. The highest BCUT2D eigenvalue weighted by atomic mass is 32.1. The van der Waals surface area contributed by atoms with Crippen molar-refractivity contribution in [3.05, 3.63) is 47.5 Å². The van der Waals surface area contributed by atoms with E-state index in [1.807, 2.05) is 6.07 Å². The highest BCUT2D eigenvalue weighted by Crippen LogP contribution is 2.41. The van der Waals surface area contributed by atoms with Crippen molar-refractivity contribution in [2.75, 3.05) is 5.23 Å². The number of rotatable bonds is 1. The summed E-state index contributed by atoms with van der Waals surface area (Å²) in [4.78, 5) is 12.9. The lowest BCUT2D eigenvalue weighted by Gasteiger charge is -2.09. The molecule has 0 spiro atoms. The summed E-state index contributed by atoms with van der Waals surface area (Å²) in [7, 11) is 0. The molecule has 0 fully saturated rings. The van der Waals surface area contributed by atoms with Gasteiger partial charge in [-0.3, -0.25) is 15.2 Å². The van der Waals surface area contributed by atoms with Crippen LogP contribution in [0.5, 0.6) is 0 Å². The van der Waals surface area contributed by atoms with Gasteiger partial charge in [0.1, 0.15) is 0 Å². The van der Waals surface area contributed by atoms with Gasteiger partial charge in [0.15, 0.2) is 5.78 Å². The zero-order chi connectivity index (χ0) is 12.9. The number of ketones is 1. The first-order valence-electron chi connectivity index (χ1n) is 5.28. The lowest BCUT2D eigenvalue weighted by molar-refractivity contribution is 0.0291. The van der Waals surface area contributed by atoms with Gasteiger partial charge >= 0.3 is 0 Å². The number of thiol groups is 1. The summed E-state index contributed by atoms with van der Waals surface area (Å²) in [5, 5.41) is 17.9. The number of nitrogens with zero attached hydrogens (tertiary/aromatic N) is 1. The van der Waals surface area contributed by atoms with Crippen LogP contribution < -0.4 is 5.23 Å². The molecule has 0 unspecified atom stereocenters. The number of carbonyl (C=O) groups excluding carboxylic acids is 1. The zero-order valence-electron chi connectivity index (χ0n) is 9.16. The molecule has 3 rings (SSSR count). The molecule has 2 N–H and O–H groups in total. The quantitative estimate of drug-likeness (QED) is 0.464. The Kier molecular flexibility index (Phi) is 2.41. The molecule has 0 amide bonds. The van der Waals surface area contributed by atoms with Crippen LogP contribution >= 0.6 is 12.6 Å². The van der Waals surface area contributed by atoms with Gasteiger partial charge in [0.25, 0.3) is 0 Å². The fourth-order valence-corrected chi connectivity index (χ4v) is 2.55. The van der Waals surface area contributed by atoms with Crippen LogP contribution in [0.25, 0.3) is 11.1 Å². The van der Waals surface area contributed by atoms with E-state index < -0.39 is 0 Å². The molecule has 2 aromatic carbocycles. The average molecular weight is 259 g/mol. The van der Waals surface area contributed by atoms with Crippen LogP contribution in [0.3, 0.4) is 0 Å². The van der Waals surface area contributed by atoms with Gasteiger partial charge in [0, 0.05) is 21.6 Å². The van der Waals surface area contributed by atoms with Crippen molar-refractivity contribution in [3.63, 3.8) is 0 Å². The van der Waals surface area contributed by atoms with E-state index in [-0.39, 0.29) is 16.7 Å². The average Bonchev–Trinajstić information content (AvgIpc) is 2.64. The minimum atomic E-state index is -0.125. The molecule has 0 bridgehead atoms. The zero-order valence-corrected chi connectivity index (χ0v) is 10.1. The topological polar surface area (TPSA) is 60.8 Å². The highest BCUT2D eigenvalue weighted by Gasteiger charge is 2.28. The lowest BCUT2D eigenvalue weighted by Crippen LogP contribution is -2.11. The summed E-state index contributed by atoms with van der Waals surface area (Å²) >= 11 is 4.36. The molecule has 0 aliphatic heterocycles. The maximum absolute atomic E-state index is 12.2. The number of fused-ring (bicyclic) bond motifs is 3. The van der Waals surface area contributed by atoms with Gasteiger partial charge in [0.2, 0.25) is 0 Å². The number of anilines is 1. The Hall–Kier alpha value is -1.82. The van der Waals surface area contributed by atoms with Crippen LogP contribution in [0.2, 0.25) is 0 Å². The molecule has 18 heavy (non-hydrogen) atoms. The smallest absolute Gasteiger partial charge is 0.194 e. The van der Waals surface area contributed by atoms with Crippen LogP contribution in [0.4, 0.5) is 5.69 Å². The number of carbonyl (C=O) groups is 1. The van der Waals surface area contributed by atoms with Crippen LogP contribution in [-0.4, -0.2) is 16.2 Å². The standard InChI is InChI=1S/C13H9NO3S/c15-13-9-2-1-3-11(18)12(9)8-5-4-7(14(16)17)6-10(8)13/h1-6,16-18H. The van der Waals surface area contributed by atoms with Gasteiger partial charge in [-0.2, -0.15) is 0 Å². The molecule has 0 heterocycles. The van der Waals surface area contributed by atoms with Crippen LogP contribution in [0, 0.1) is 0 Å². The van der Waals surface area contributed by atoms with Gasteiger partial charge in [-0.25, -0.2) is 0 Å². The van der Waals surface area contributed by atoms with E-state index in [9.17, 15) is 4.79 Å². The predicted octanol–water partition coefficient (Wildman–Crippen LogP) is 2.77. The van der Waals surface area contributed by atoms with Crippen molar-refractivity contribution < 1.29 is 15.2 Å². The summed E-state index contributed by atoms with van der Waals surface area (Å²) in [5.74, 6) is -0.125. The summed E-state index contributed by atoms with van der Waals surface area (Å²) < 4.78 is 0. The van der Waals surface area contributed by atoms with Crippen molar-refractivity contribution in [2.45, 2.75) is 4.90 Å². The summed E-state index contributed by atoms with van der Waals surface area (Å²) in [6.07, 6.45) is 0. The number of hydrogen-bond donors (Lipinski definition) is 3. The Morgan fingerprint density at radius 1 is 1.00 bits per heavy atom. The molecule has 0 aromatic heterocycles. The van der Waals surface area contributed by atoms with Crippen LogP contribution in [0.15, 0.2) is 41.3 Å². The van der Waals surface area contributed by atoms with Crippen molar-refractivity contribution >= 4 is 24.1 Å². The molecule has 0 saturated heterocycles. The summed E-state index contributed by atoms with van der Waals surface area (Å²) in [6.45, 7) is 0. The van der Waals surface area contributed by atoms with Crippen LogP contribution in [0.1, 0.15) is 15.9 Å². The van der Waals surface area contributed by atoms with Gasteiger partial charge in [-0.15, -0.1) is 17.9 Å². The Morgan fingerprint density at radius 2 is 1.78 bits per heavy atom. The number of benzene rings is 2. The molecular formula is C13H9NO3S. The molecule has 90 valence electrons. The number of hydrogen-bond acceptors (Lipinski definition) is 5. The van der Waals surface area contributed by atoms with E-state index in [2.05, 4.69) is 12.6 Å². The second-order valence-electron chi connectivity index (χ2n) is 4.05. The predicted molar refractivity (Wildman–Crippen MR) is 68.6 cm³/mol. The van der Waals surface area contributed by atoms with E-state index in [4.69, 9.17) is 10.4 Å². The summed E-state index contributed by atoms with van der Waals surface area (Å²) in [6, 6.07) is 10.0. The van der Waals surface area contributed by atoms with Gasteiger partial charge in [0.05, 0.1) is 5.69 Å². The Labute approximate surface area is 108 Å². The van der Waals surface area contributed by atoms with Gasteiger partial charge < -0.3 is 0 Å². The van der Waals surface area contributed by atoms with E-state index in [1.54, 1.807) is 18.2 Å². The molecule has 0 atom stereocenters. The van der Waals surface area contributed by atoms with Gasteiger partial charge in [-0.1, -0.05) is 18.2 Å². The highest BCUT2D eigenvalue weighted by molar-refractivity contribution is 7.80. The molecule has 0 radical (unpaired) electrons. The third-order valence-electron chi connectivity index (χ3n) is 3.04. The molecule has 5 heteroatoms. The molecule has 4 nitrogen and oxygen atoms in total. The molecule has 1 aliphatic rings. The normalized spacial score (nSPS) is 12.3. The first-order chi connectivity index (χ1) is 8.59. The minimum absolute atomic E-state index is 0.00183. The van der Waals surface area contributed by atoms with Crippen molar-refractivity contribution in [1.82, 2.24) is 0 Å². The first kappa shape index (κ1) is 11.3. The fourth-order valence-electron chi connectivity index (χ4n) is 2.22. The Balaban J connectivity index is 2.28. The van der Waals surface area contributed by atoms with Gasteiger partial charge in [-0.05, 0) is 23.8 Å². The Morgan fingerprint density at radius 3 is 2.50 bits per heavy atom. The van der Waals surface area contributed by atoms with Crippen molar-refractivity contribution in [2.24, 2.45) is 0 Å². The van der Waals surface area contributed by atoms with Crippen molar-refractivity contribution in [1.29, 1.82) is 0 Å². The van der Waals surface area contributed by atoms with E-state index in [0.717, 1.165) is 16.0 Å². The Bertz CT molecular complexity index is 667. The maximum Gasteiger partial charge on any atom is 0.194 e. The fraction of sp³-hybridized carbons (Fsp3) is 0. The maximum atomic E-state index is 12.2. The van der Waals surface area contributed by atoms with E-state index in [0.29, 0.717) is 11.1 Å². The van der Waals surface area contributed by atoms with E-state index >= 15 is 0 Å². The third-order valence-corrected chi connectivity index (χ3v) is 3.41. The minimum Gasteiger partial charge on any atom is -0.289 e.